The lowest BCUT2D eigenvalue weighted by atomic mass is 10.3. The van der Waals surface area contributed by atoms with Crippen LogP contribution in [0.4, 0.5) is 19.3 Å². The van der Waals surface area contributed by atoms with E-state index in [-0.39, 0.29) is 24.6 Å². The second-order valence-corrected chi connectivity index (χ2v) is 4.33. The highest BCUT2D eigenvalue weighted by molar-refractivity contribution is 5.89. The van der Waals surface area contributed by atoms with E-state index in [1.165, 1.54) is 29.2 Å². The molecule has 0 saturated carbocycles. The molecule has 0 atom stereocenters. The van der Waals surface area contributed by atoms with Crippen LogP contribution in [0.15, 0.2) is 24.3 Å². The van der Waals surface area contributed by atoms with Crippen molar-refractivity contribution in [3.05, 3.63) is 24.3 Å². The Morgan fingerprint density at radius 1 is 1.33 bits per heavy atom. The third-order valence-electron chi connectivity index (χ3n) is 2.44. The van der Waals surface area contributed by atoms with Gasteiger partial charge in [0.15, 0.2) is 0 Å². The maximum atomic E-state index is 12.1. The van der Waals surface area contributed by atoms with E-state index in [2.05, 4.69) is 15.4 Å². The summed E-state index contributed by atoms with van der Waals surface area (Å²) in [5.74, 6) is -0.159. The van der Waals surface area contributed by atoms with Gasteiger partial charge in [0.1, 0.15) is 5.75 Å². The minimum Gasteiger partial charge on any atom is -0.435 e. The number of anilines is 1. The highest BCUT2D eigenvalue weighted by atomic mass is 19.3. The van der Waals surface area contributed by atoms with Crippen molar-refractivity contribution in [1.82, 2.24) is 10.2 Å². The number of nitrogens with one attached hydrogen (secondary N) is 2. The molecule has 21 heavy (non-hydrogen) atoms. The molecule has 0 spiro atoms. The number of alkyl halides is 2. The number of hydrogen-bond acceptors (Lipinski definition) is 3. The Bertz CT molecular complexity index is 495. The molecule has 1 aromatic carbocycles. The van der Waals surface area contributed by atoms with Crippen molar-refractivity contribution in [3.8, 4) is 5.75 Å². The van der Waals surface area contributed by atoms with Gasteiger partial charge < -0.3 is 20.3 Å². The van der Waals surface area contributed by atoms with Gasteiger partial charge in [0, 0.05) is 38.8 Å². The van der Waals surface area contributed by atoms with Crippen molar-refractivity contribution in [2.75, 3.05) is 26.0 Å². The first-order valence-corrected chi connectivity index (χ1v) is 6.18. The maximum Gasteiger partial charge on any atom is 0.387 e. The number of benzene rings is 1. The number of nitrogens with zero attached hydrogens (tertiary/aromatic N) is 1. The highest BCUT2D eigenvalue weighted by Crippen LogP contribution is 2.19. The SMILES string of the molecule is CN(C)C(=O)CCNC(=O)Nc1cccc(OC(F)F)c1. The van der Waals surface area contributed by atoms with Crippen molar-refractivity contribution in [1.29, 1.82) is 0 Å². The quantitative estimate of drug-likeness (QED) is 0.843. The third-order valence-corrected chi connectivity index (χ3v) is 2.44. The first-order chi connectivity index (χ1) is 9.88. The van der Waals surface area contributed by atoms with Gasteiger partial charge in [-0.1, -0.05) is 6.07 Å². The predicted molar refractivity (Wildman–Crippen MR) is 73.4 cm³/mol. The predicted octanol–water partition coefficient (Wildman–Crippen LogP) is 1.89. The van der Waals surface area contributed by atoms with E-state index in [0.29, 0.717) is 5.69 Å². The summed E-state index contributed by atoms with van der Waals surface area (Å²) in [5, 5.41) is 4.95. The van der Waals surface area contributed by atoms with Gasteiger partial charge in [0.25, 0.3) is 0 Å². The highest BCUT2D eigenvalue weighted by Gasteiger charge is 2.08. The number of carbonyl (C=O) groups excluding carboxylic acids is 2. The van der Waals surface area contributed by atoms with Crippen molar-refractivity contribution in [3.63, 3.8) is 0 Å². The zero-order chi connectivity index (χ0) is 15.8. The van der Waals surface area contributed by atoms with Gasteiger partial charge in [-0.3, -0.25) is 4.79 Å². The van der Waals surface area contributed by atoms with Crippen LogP contribution in [0, 0.1) is 0 Å². The number of carbonyl (C=O) groups is 2. The molecular formula is C13H17F2N3O3. The molecule has 0 heterocycles. The molecule has 3 amide bonds. The number of ether oxygens (including phenoxy) is 1. The summed E-state index contributed by atoms with van der Waals surface area (Å²) in [6.45, 7) is -2.75. The Hall–Kier alpha value is -2.38. The van der Waals surface area contributed by atoms with Crippen molar-refractivity contribution in [2.24, 2.45) is 0 Å². The smallest absolute Gasteiger partial charge is 0.387 e. The lowest BCUT2D eigenvalue weighted by Gasteiger charge is -2.11. The first kappa shape index (κ1) is 16.7. The summed E-state index contributed by atoms with van der Waals surface area (Å²) in [4.78, 5) is 24.3. The molecule has 0 unspecified atom stereocenters. The Morgan fingerprint density at radius 2 is 2.05 bits per heavy atom. The van der Waals surface area contributed by atoms with E-state index in [1.807, 2.05) is 0 Å². The molecule has 116 valence electrons. The molecule has 0 aliphatic carbocycles. The van der Waals surface area contributed by atoms with Gasteiger partial charge >= 0.3 is 12.6 Å². The summed E-state index contributed by atoms with van der Waals surface area (Å²) >= 11 is 0. The van der Waals surface area contributed by atoms with Gasteiger partial charge in [-0.2, -0.15) is 8.78 Å². The fraction of sp³-hybridized carbons (Fsp3) is 0.385. The van der Waals surface area contributed by atoms with Crippen LogP contribution in [0.5, 0.6) is 5.75 Å². The van der Waals surface area contributed by atoms with Crippen LogP contribution >= 0.6 is 0 Å². The number of urea groups is 1. The summed E-state index contributed by atoms with van der Waals surface area (Å²) in [6, 6.07) is 5.10. The fourth-order valence-electron chi connectivity index (χ4n) is 1.43. The molecule has 6 nitrogen and oxygen atoms in total. The molecule has 1 aromatic rings. The number of rotatable bonds is 6. The van der Waals surface area contributed by atoms with Gasteiger partial charge in [-0.05, 0) is 12.1 Å². The number of amides is 3. The molecule has 1 rings (SSSR count). The van der Waals surface area contributed by atoms with Gasteiger partial charge in [-0.25, -0.2) is 4.79 Å². The molecule has 2 N–H and O–H groups in total. The van der Waals surface area contributed by atoms with Gasteiger partial charge in [0.05, 0.1) is 0 Å². The molecule has 0 fully saturated rings. The lowest BCUT2D eigenvalue weighted by Crippen LogP contribution is -2.33. The molecule has 0 bridgehead atoms. The standard InChI is InChI=1S/C13H17F2N3O3/c1-18(2)11(19)6-7-16-13(20)17-9-4-3-5-10(8-9)21-12(14)15/h3-5,8,12H,6-7H2,1-2H3,(H2,16,17,20). The zero-order valence-corrected chi connectivity index (χ0v) is 11.7. The molecular weight excluding hydrogens is 284 g/mol. The van der Waals surface area contributed by atoms with Crippen LogP contribution in [0.3, 0.4) is 0 Å². The summed E-state index contributed by atoms with van der Waals surface area (Å²) in [6.07, 6.45) is 0.176. The van der Waals surface area contributed by atoms with Crippen molar-refractivity contribution >= 4 is 17.6 Å². The van der Waals surface area contributed by atoms with Gasteiger partial charge in [-0.15, -0.1) is 0 Å². The Kier molecular flexibility index (Phi) is 6.38. The largest absolute Gasteiger partial charge is 0.435 e. The zero-order valence-electron chi connectivity index (χ0n) is 11.7. The van der Waals surface area contributed by atoms with Crippen molar-refractivity contribution in [2.45, 2.75) is 13.0 Å². The van der Waals surface area contributed by atoms with E-state index >= 15 is 0 Å². The fourth-order valence-corrected chi connectivity index (χ4v) is 1.43. The monoisotopic (exact) mass is 301 g/mol. The normalized spacial score (nSPS) is 10.1. The first-order valence-electron chi connectivity index (χ1n) is 6.18. The van der Waals surface area contributed by atoms with Crippen molar-refractivity contribution < 1.29 is 23.1 Å². The molecule has 0 saturated heterocycles. The van der Waals surface area contributed by atoms with E-state index < -0.39 is 12.6 Å². The van der Waals surface area contributed by atoms with Crippen LogP contribution in [0.2, 0.25) is 0 Å². The summed E-state index contributed by atoms with van der Waals surface area (Å²) in [5.41, 5.74) is 0.310. The molecule has 8 heteroatoms. The lowest BCUT2D eigenvalue weighted by molar-refractivity contribution is -0.128. The third kappa shape index (κ3) is 6.55. The Labute approximate surface area is 121 Å². The van der Waals surface area contributed by atoms with E-state index in [4.69, 9.17) is 0 Å². The van der Waals surface area contributed by atoms with Gasteiger partial charge in [0.2, 0.25) is 5.91 Å². The number of hydrogen-bond donors (Lipinski definition) is 2. The van der Waals surface area contributed by atoms with Crippen LogP contribution in [-0.2, 0) is 4.79 Å². The molecule has 0 aromatic heterocycles. The van der Waals surface area contributed by atoms with E-state index in [0.717, 1.165) is 0 Å². The topological polar surface area (TPSA) is 70.7 Å². The molecule has 0 aliphatic rings. The maximum absolute atomic E-state index is 12.1. The Balaban J connectivity index is 2.42. The summed E-state index contributed by atoms with van der Waals surface area (Å²) in [7, 11) is 3.24. The average Bonchev–Trinajstić information content (AvgIpc) is 2.37. The van der Waals surface area contributed by atoms with E-state index in [9.17, 15) is 18.4 Å². The summed E-state index contributed by atoms with van der Waals surface area (Å²) < 4.78 is 28.3. The second kappa shape index (κ2) is 8.03. The number of halogens is 2. The Morgan fingerprint density at radius 3 is 2.67 bits per heavy atom. The van der Waals surface area contributed by atoms with Crippen LogP contribution in [0.25, 0.3) is 0 Å². The van der Waals surface area contributed by atoms with Crippen LogP contribution in [0.1, 0.15) is 6.42 Å². The minimum absolute atomic E-state index is 0.0504. The molecule has 0 aliphatic heterocycles. The second-order valence-electron chi connectivity index (χ2n) is 4.33. The van der Waals surface area contributed by atoms with Crippen LogP contribution < -0.4 is 15.4 Å². The van der Waals surface area contributed by atoms with E-state index in [1.54, 1.807) is 14.1 Å². The van der Waals surface area contributed by atoms with Crippen LogP contribution in [-0.4, -0.2) is 44.1 Å². The molecule has 0 radical (unpaired) electrons. The minimum atomic E-state index is -2.92. The average molecular weight is 301 g/mol.